The molecule has 3 heteroatoms. The number of hydrogen-bond acceptors (Lipinski definition) is 2. The van der Waals surface area contributed by atoms with E-state index in [0.29, 0.717) is 17.2 Å². The van der Waals surface area contributed by atoms with Crippen LogP contribution in [0.25, 0.3) is 0 Å². The minimum absolute atomic E-state index is 0.0252. The van der Waals surface area contributed by atoms with Crippen LogP contribution in [0, 0.1) is 16.7 Å². The fourth-order valence-corrected chi connectivity index (χ4v) is 4.49. The van der Waals surface area contributed by atoms with Crippen LogP contribution in [0.3, 0.4) is 0 Å². The van der Waals surface area contributed by atoms with Crippen LogP contribution in [0.15, 0.2) is 54.6 Å². The summed E-state index contributed by atoms with van der Waals surface area (Å²) in [5.74, 6) is 0.468. The molecule has 0 spiro atoms. The van der Waals surface area contributed by atoms with Crippen molar-refractivity contribution in [3.8, 4) is 0 Å². The maximum atomic E-state index is 13.3. The van der Waals surface area contributed by atoms with E-state index in [-0.39, 0.29) is 22.8 Å². The van der Waals surface area contributed by atoms with Crippen LogP contribution in [-0.2, 0) is 0 Å². The summed E-state index contributed by atoms with van der Waals surface area (Å²) < 4.78 is 0. The van der Waals surface area contributed by atoms with Crippen molar-refractivity contribution in [3.05, 3.63) is 60.2 Å². The van der Waals surface area contributed by atoms with Gasteiger partial charge in [-0.1, -0.05) is 45.9 Å². The van der Waals surface area contributed by atoms with E-state index in [1.54, 1.807) is 12.1 Å². The molecule has 1 fully saturated rings. The molecule has 0 bridgehead atoms. The average molecular weight is 336 g/mol. The van der Waals surface area contributed by atoms with E-state index in [1.165, 1.54) is 0 Å². The molecule has 2 aromatic carbocycles. The van der Waals surface area contributed by atoms with Gasteiger partial charge in [-0.2, -0.15) is 0 Å². The second kappa shape index (κ2) is 5.91. The number of carbonyl (C=O) groups is 1. The monoisotopic (exact) mass is 336 g/mol. The van der Waals surface area contributed by atoms with Crippen molar-refractivity contribution in [2.75, 3.05) is 10.6 Å². The van der Waals surface area contributed by atoms with E-state index in [4.69, 9.17) is 5.73 Å². The third kappa shape index (κ3) is 2.82. The third-order valence-corrected chi connectivity index (χ3v) is 6.43. The Morgan fingerprint density at radius 3 is 1.96 bits per heavy atom. The van der Waals surface area contributed by atoms with E-state index in [9.17, 15) is 4.79 Å². The average Bonchev–Trinajstić information content (AvgIpc) is 2.98. The molecule has 1 aliphatic carbocycles. The predicted octanol–water partition coefficient (Wildman–Crippen LogP) is 4.99. The minimum atomic E-state index is 0.0252. The first kappa shape index (κ1) is 17.5. The molecule has 0 saturated heterocycles. The summed E-state index contributed by atoms with van der Waals surface area (Å²) in [6.07, 6.45) is 0. The molecule has 0 radical (unpaired) electrons. The fraction of sp³-hybridized carbons (Fsp3) is 0.409. The Kier molecular flexibility index (Phi) is 4.14. The quantitative estimate of drug-likeness (QED) is 0.800. The summed E-state index contributed by atoms with van der Waals surface area (Å²) in [4.78, 5) is 15.3. The highest BCUT2D eigenvalue weighted by molar-refractivity contribution is 6.06. The lowest BCUT2D eigenvalue weighted by molar-refractivity contribution is 0.0973. The Morgan fingerprint density at radius 2 is 1.48 bits per heavy atom. The summed E-state index contributed by atoms with van der Waals surface area (Å²) in [6, 6.07) is 17.2. The van der Waals surface area contributed by atoms with Gasteiger partial charge in [0.1, 0.15) is 0 Å². The zero-order valence-corrected chi connectivity index (χ0v) is 15.8. The van der Waals surface area contributed by atoms with Gasteiger partial charge in [0.05, 0.1) is 0 Å². The van der Waals surface area contributed by atoms with Gasteiger partial charge in [0.2, 0.25) is 0 Å². The van der Waals surface area contributed by atoms with Crippen LogP contribution in [0.1, 0.15) is 45.0 Å². The second-order valence-corrected chi connectivity index (χ2v) is 8.29. The van der Waals surface area contributed by atoms with E-state index in [1.807, 2.05) is 47.4 Å². The second-order valence-electron chi connectivity index (χ2n) is 8.29. The SMILES string of the molecule is C[C@@H](C1C(C)(C)C1(C)C)N(C(=O)c1ccc(N)cc1)c1ccccc1. The summed E-state index contributed by atoms with van der Waals surface area (Å²) in [5, 5.41) is 0. The summed E-state index contributed by atoms with van der Waals surface area (Å²) in [6.45, 7) is 11.4. The van der Waals surface area contributed by atoms with Crippen LogP contribution in [-0.4, -0.2) is 11.9 Å². The molecule has 132 valence electrons. The number of nitrogen functional groups attached to an aromatic ring is 1. The number of nitrogens with two attached hydrogens (primary N) is 1. The normalized spacial score (nSPS) is 19.2. The van der Waals surface area contributed by atoms with E-state index in [0.717, 1.165) is 5.69 Å². The molecule has 3 rings (SSSR count). The topological polar surface area (TPSA) is 46.3 Å². The highest BCUT2D eigenvalue weighted by atomic mass is 16.2. The lowest BCUT2D eigenvalue weighted by Crippen LogP contribution is -2.41. The van der Waals surface area contributed by atoms with Gasteiger partial charge in [0.15, 0.2) is 0 Å². The van der Waals surface area contributed by atoms with Gasteiger partial charge in [-0.05, 0) is 60.1 Å². The van der Waals surface area contributed by atoms with Crippen LogP contribution < -0.4 is 10.6 Å². The van der Waals surface area contributed by atoms with E-state index >= 15 is 0 Å². The molecule has 0 aliphatic heterocycles. The standard InChI is InChI=1S/C22H28N2O/c1-15(19-21(2,3)22(19,4)5)24(18-9-7-6-8-10-18)20(25)16-11-13-17(23)14-12-16/h6-15,19H,23H2,1-5H3/t15-/m0/s1. The number of benzene rings is 2. The maximum Gasteiger partial charge on any atom is 0.258 e. The molecule has 2 N–H and O–H groups in total. The molecule has 25 heavy (non-hydrogen) atoms. The Labute approximate surface area is 150 Å². The fourth-order valence-electron chi connectivity index (χ4n) is 4.49. The van der Waals surface area contributed by atoms with Gasteiger partial charge in [-0.15, -0.1) is 0 Å². The third-order valence-electron chi connectivity index (χ3n) is 6.43. The largest absolute Gasteiger partial charge is 0.399 e. The highest BCUT2D eigenvalue weighted by Gasteiger charge is 2.67. The Bertz CT molecular complexity index is 748. The summed E-state index contributed by atoms with van der Waals surface area (Å²) in [5.41, 5.74) is 8.47. The number of rotatable bonds is 4. The molecule has 3 nitrogen and oxygen atoms in total. The smallest absolute Gasteiger partial charge is 0.258 e. The number of hydrogen-bond donors (Lipinski definition) is 1. The van der Waals surface area contributed by atoms with Gasteiger partial charge < -0.3 is 10.6 Å². The van der Waals surface area contributed by atoms with Crippen LogP contribution in [0.4, 0.5) is 11.4 Å². The highest BCUT2D eigenvalue weighted by Crippen LogP contribution is 2.70. The van der Waals surface area contributed by atoms with Crippen molar-refractivity contribution in [2.45, 2.75) is 40.7 Å². The van der Waals surface area contributed by atoms with Crippen LogP contribution in [0.2, 0.25) is 0 Å². The number of carbonyl (C=O) groups excluding carboxylic acids is 1. The lowest BCUT2D eigenvalue weighted by atomic mass is 10.0. The van der Waals surface area contributed by atoms with Crippen molar-refractivity contribution in [1.29, 1.82) is 0 Å². The molecule has 2 aromatic rings. The molecular formula is C22H28N2O. The molecule has 1 aliphatic rings. The molecule has 1 atom stereocenters. The summed E-state index contributed by atoms with van der Waals surface area (Å²) >= 11 is 0. The zero-order valence-electron chi connectivity index (χ0n) is 15.8. The number of para-hydroxylation sites is 1. The lowest BCUT2D eigenvalue weighted by Gasteiger charge is -2.31. The number of amides is 1. The van der Waals surface area contributed by atoms with Crippen molar-refractivity contribution in [3.63, 3.8) is 0 Å². The Hall–Kier alpha value is -2.29. The number of nitrogens with zero attached hydrogens (tertiary/aromatic N) is 1. The van der Waals surface area contributed by atoms with Gasteiger partial charge >= 0.3 is 0 Å². The van der Waals surface area contributed by atoms with Gasteiger partial charge in [-0.25, -0.2) is 0 Å². The molecular weight excluding hydrogens is 308 g/mol. The van der Waals surface area contributed by atoms with Gasteiger partial charge in [0, 0.05) is 23.0 Å². The molecule has 0 unspecified atom stereocenters. The first-order valence-electron chi connectivity index (χ1n) is 8.92. The van der Waals surface area contributed by atoms with Crippen molar-refractivity contribution >= 4 is 17.3 Å². The Balaban J connectivity index is 1.99. The first-order valence-corrected chi connectivity index (χ1v) is 8.92. The van der Waals surface area contributed by atoms with Gasteiger partial charge in [0.25, 0.3) is 5.91 Å². The van der Waals surface area contributed by atoms with Crippen molar-refractivity contribution in [1.82, 2.24) is 0 Å². The predicted molar refractivity (Wildman–Crippen MR) is 105 cm³/mol. The minimum Gasteiger partial charge on any atom is -0.399 e. The molecule has 0 aromatic heterocycles. The molecule has 0 heterocycles. The maximum absolute atomic E-state index is 13.3. The van der Waals surface area contributed by atoms with E-state index < -0.39 is 0 Å². The Morgan fingerprint density at radius 1 is 0.960 bits per heavy atom. The van der Waals surface area contributed by atoms with E-state index in [2.05, 4.69) is 34.6 Å². The van der Waals surface area contributed by atoms with Crippen LogP contribution in [0.5, 0.6) is 0 Å². The van der Waals surface area contributed by atoms with Crippen molar-refractivity contribution < 1.29 is 4.79 Å². The van der Waals surface area contributed by atoms with Crippen molar-refractivity contribution in [2.24, 2.45) is 16.7 Å². The molecule has 1 saturated carbocycles. The first-order chi connectivity index (χ1) is 11.7. The molecule has 1 amide bonds. The number of anilines is 2. The summed E-state index contributed by atoms with van der Waals surface area (Å²) in [7, 11) is 0. The van der Waals surface area contributed by atoms with Crippen LogP contribution >= 0.6 is 0 Å². The zero-order chi connectivity index (χ0) is 18.4. The van der Waals surface area contributed by atoms with Gasteiger partial charge in [-0.3, -0.25) is 4.79 Å².